The van der Waals surface area contributed by atoms with Crippen LogP contribution in [-0.4, -0.2) is 21.0 Å². The van der Waals surface area contributed by atoms with Gasteiger partial charge in [-0.1, -0.05) is 30.3 Å². The quantitative estimate of drug-likeness (QED) is 0.795. The predicted octanol–water partition coefficient (Wildman–Crippen LogP) is 3.43. The second-order valence-corrected chi connectivity index (χ2v) is 4.55. The first-order valence-corrected chi connectivity index (χ1v) is 6.38. The molecule has 0 aliphatic rings. The molecule has 3 aromatic rings. The van der Waals surface area contributed by atoms with Crippen molar-refractivity contribution in [3.63, 3.8) is 0 Å². The molecule has 0 bridgehead atoms. The molecule has 0 spiro atoms. The number of carboxylic acids is 1. The first kappa shape index (κ1) is 13.1. The van der Waals surface area contributed by atoms with Gasteiger partial charge in [-0.05, 0) is 24.4 Å². The third-order valence-corrected chi connectivity index (χ3v) is 3.08. The molecule has 0 radical (unpaired) electrons. The molecule has 0 saturated heterocycles. The van der Waals surface area contributed by atoms with E-state index in [1.807, 2.05) is 31.2 Å². The Morgan fingerprint density at radius 1 is 1.14 bits per heavy atom. The van der Waals surface area contributed by atoms with Crippen molar-refractivity contribution in [3.8, 4) is 11.8 Å². The SMILES string of the molecule is Cc1ccnc(Oc2c(C(=O)O)ccc3ccccc23)n1. The van der Waals surface area contributed by atoms with E-state index in [2.05, 4.69) is 9.97 Å². The molecule has 21 heavy (non-hydrogen) atoms. The van der Waals surface area contributed by atoms with E-state index >= 15 is 0 Å². The molecule has 0 amide bonds. The molecular formula is C16H12N2O3. The number of carboxylic acid groups (broad SMARTS) is 1. The molecule has 1 aromatic heterocycles. The second kappa shape index (κ2) is 5.20. The number of hydrogen-bond donors (Lipinski definition) is 1. The van der Waals surface area contributed by atoms with Gasteiger partial charge in [0, 0.05) is 17.3 Å². The fourth-order valence-electron chi connectivity index (χ4n) is 2.09. The van der Waals surface area contributed by atoms with Gasteiger partial charge in [0.2, 0.25) is 0 Å². The average Bonchev–Trinajstić information content (AvgIpc) is 2.47. The van der Waals surface area contributed by atoms with Crippen LogP contribution in [0.3, 0.4) is 0 Å². The van der Waals surface area contributed by atoms with E-state index in [1.165, 1.54) is 6.07 Å². The molecule has 1 N–H and O–H groups in total. The maximum Gasteiger partial charge on any atom is 0.339 e. The van der Waals surface area contributed by atoms with Gasteiger partial charge in [-0.15, -0.1) is 0 Å². The summed E-state index contributed by atoms with van der Waals surface area (Å²) in [6.45, 7) is 1.82. The molecule has 0 aliphatic carbocycles. The van der Waals surface area contributed by atoms with E-state index in [1.54, 1.807) is 18.3 Å². The lowest BCUT2D eigenvalue weighted by atomic mass is 10.1. The second-order valence-electron chi connectivity index (χ2n) is 4.55. The highest BCUT2D eigenvalue weighted by Gasteiger charge is 2.16. The minimum Gasteiger partial charge on any atom is -0.478 e. The maximum absolute atomic E-state index is 11.4. The van der Waals surface area contributed by atoms with Crippen LogP contribution in [0, 0.1) is 6.92 Å². The molecular weight excluding hydrogens is 268 g/mol. The summed E-state index contributed by atoms with van der Waals surface area (Å²) < 4.78 is 5.66. The largest absolute Gasteiger partial charge is 0.478 e. The smallest absolute Gasteiger partial charge is 0.339 e. The van der Waals surface area contributed by atoms with E-state index in [-0.39, 0.29) is 17.3 Å². The molecule has 5 heteroatoms. The van der Waals surface area contributed by atoms with Gasteiger partial charge >= 0.3 is 12.0 Å². The van der Waals surface area contributed by atoms with E-state index in [4.69, 9.17) is 4.74 Å². The lowest BCUT2D eigenvalue weighted by Crippen LogP contribution is -2.02. The first-order chi connectivity index (χ1) is 10.1. The van der Waals surface area contributed by atoms with Crippen LogP contribution in [0.5, 0.6) is 11.8 Å². The molecule has 0 atom stereocenters. The molecule has 1 heterocycles. The summed E-state index contributed by atoms with van der Waals surface area (Å²) in [5, 5.41) is 10.9. The van der Waals surface area contributed by atoms with Crippen molar-refractivity contribution in [2.45, 2.75) is 6.92 Å². The van der Waals surface area contributed by atoms with E-state index in [9.17, 15) is 9.90 Å². The molecule has 3 rings (SSSR count). The van der Waals surface area contributed by atoms with Crippen LogP contribution in [0.1, 0.15) is 16.1 Å². The topological polar surface area (TPSA) is 72.3 Å². The van der Waals surface area contributed by atoms with Crippen molar-refractivity contribution in [1.29, 1.82) is 0 Å². The Balaban J connectivity index is 2.18. The van der Waals surface area contributed by atoms with E-state index in [0.717, 1.165) is 11.1 Å². The normalized spacial score (nSPS) is 10.5. The highest BCUT2D eigenvalue weighted by molar-refractivity contribution is 6.00. The van der Waals surface area contributed by atoms with Gasteiger partial charge in [-0.3, -0.25) is 0 Å². The molecule has 0 fully saturated rings. The number of carbonyl (C=O) groups is 1. The lowest BCUT2D eigenvalue weighted by Gasteiger charge is -2.10. The van der Waals surface area contributed by atoms with Crippen molar-refractivity contribution in [3.05, 3.63) is 59.9 Å². The number of ether oxygens (including phenoxy) is 1. The highest BCUT2D eigenvalue weighted by Crippen LogP contribution is 2.32. The molecule has 2 aromatic carbocycles. The summed E-state index contributed by atoms with van der Waals surface area (Å²) in [6.07, 6.45) is 1.57. The fraction of sp³-hybridized carbons (Fsp3) is 0.0625. The summed E-state index contributed by atoms with van der Waals surface area (Å²) in [4.78, 5) is 19.6. The van der Waals surface area contributed by atoms with Crippen molar-refractivity contribution >= 4 is 16.7 Å². The van der Waals surface area contributed by atoms with Gasteiger partial charge in [0.1, 0.15) is 5.56 Å². The Bertz CT molecular complexity index is 831. The minimum atomic E-state index is -1.05. The third kappa shape index (κ3) is 2.53. The van der Waals surface area contributed by atoms with Crippen LogP contribution in [-0.2, 0) is 0 Å². The number of aryl methyl sites for hydroxylation is 1. The zero-order valence-corrected chi connectivity index (χ0v) is 11.3. The fourth-order valence-corrected chi connectivity index (χ4v) is 2.09. The summed E-state index contributed by atoms with van der Waals surface area (Å²) >= 11 is 0. The molecule has 0 unspecified atom stereocenters. The number of aromatic nitrogens is 2. The predicted molar refractivity (Wildman–Crippen MR) is 77.8 cm³/mol. The molecule has 0 saturated carbocycles. The summed E-state index contributed by atoms with van der Waals surface area (Å²) in [7, 11) is 0. The standard InChI is InChI=1S/C16H12N2O3/c1-10-8-9-17-16(18-10)21-14-12-5-3-2-4-11(12)6-7-13(14)15(19)20/h2-9H,1H3,(H,19,20). The summed E-state index contributed by atoms with van der Waals surface area (Å²) in [5.41, 5.74) is 0.830. The Hall–Kier alpha value is -2.95. The van der Waals surface area contributed by atoms with Crippen molar-refractivity contribution < 1.29 is 14.6 Å². The van der Waals surface area contributed by atoms with Crippen LogP contribution in [0.15, 0.2) is 48.7 Å². The Morgan fingerprint density at radius 2 is 1.95 bits per heavy atom. The van der Waals surface area contributed by atoms with Crippen molar-refractivity contribution in [2.24, 2.45) is 0 Å². The maximum atomic E-state index is 11.4. The van der Waals surface area contributed by atoms with Crippen LogP contribution in [0.4, 0.5) is 0 Å². The van der Waals surface area contributed by atoms with Gasteiger partial charge < -0.3 is 9.84 Å². The van der Waals surface area contributed by atoms with Crippen LogP contribution in [0.25, 0.3) is 10.8 Å². The van der Waals surface area contributed by atoms with Gasteiger partial charge in [-0.25, -0.2) is 14.8 Å². The number of hydrogen-bond acceptors (Lipinski definition) is 4. The zero-order valence-electron chi connectivity index (χ0n) is 11.3. The minimum absolute atomic E-state index is 0.0822. The zero-order chi connectivity index (χ0) is 14.8. The third-order valence-electron chi connectivity index (χ3n) is 3.08. The summed E-state index contributed by atoms with van der Waals surface area (Å²) in [6, 6.07) is 12.6. The number of rotatable bonds is 3. The van der Waals surface area contributed by atoms with Crippen molar-refractivity contribution in [1.82, 2.24) is 9.97 Å². The number of fused-ring (bicyclic) bond motifs is 1. The Morgan fingerprint density at radius 3 is 2.71 bits per heavy atom. The van der Waals surface area contributed by atoms with Crippen LogP contribution in [0.2, 0.25) is 0 Å². The van der Waals surface area contributed by atoms with E-state index < -0.39 is 5.97 Å². The first-order valence-electron chi connectivity index (χ1n) is 6.38. The van der Waals surface area contributed by atoms with Gasteiger partial charge in [-0.2, -0.15) is 0 Å². The molecule has 5 nitrogen and oxygen atoms in total. The van der Waals surface area contributed by atoms with Crippen molar-refractivity contribution in [2.75, 3.05) is 0 Å². The van der Waals surface area contributed by atoms with Crippen LogP contribution < -0.4 is 4.74 Å². The highest BCUT2D eigenvalue weighted by atomic mass is 16.5. The monoisotopic (exact) mass is 280 g/mol. The summed E-state index contributed by atoms with van der Waals surface area (Å²) in [5.74, 6) is -0.797. The van der Waals surface area contributed by atoms with Gasteiger partial charge in [0.05, 0.1) is 0 Å². The Labute approximate surface area is 120 Å². The Kier molecular flexibility index (Phi) is 3.23. The number of nitrogens with zero attached hydrogens (tertiary/aromatic N) is 2. The molecule has 104 valence electrons. The lowest BCUT2D eigenvalue weighted by molar-refractivity contribution is 0.0694. The average molecular weight is 280 g/mol. The van der Waals surface area contributed by atoms with Crippen LogP contribution >= 0.6 is 0 Å². The number of aromatic carboxylic acids is 1. The number of benzene rings is 2. The van der Waals surface area contributed by atoms with Gasteiger partial charge in [0.25, 0.3) is 0 Å². The molecule has 0 aliphatic heterocycles. The van der Waals surface area contributed by atoms with E-state index in [0.29, 0.717) is 5.39 Å². The van der Waals surface area contributed by atoms with Gasteiger partial charge in [0.15, 0.2) is 5.75 Å².